The summed E-state index contributed by atoms with van der Waals surface area (Å²) in [6.07, 6.45) is 21.8. The summed E-state index contributed by atoms with van der Waals surface area (Å²) in [5.74, 6) is 0. The van der Waals surface area contributed by atoms with Crippen molar-refractivity contribution >= 4 is 8.24 Å². The van der Waals surface area contributed by atoms with E-state index in [9.17, 15) is 0 Å². The predicted molar refractivity (Wildman–Crippen MR) is 122 cm³/mol. The summed E-state index contributed by atoms with van der Waals surface area (Å²) < 4.78 is 8.21. The first-order chi connectivity index (χ1) is 12.4. The molecular weight excluding hydrogens is 334 g/mol. The standard InChI is InChI=1S/C23H51NOSi/c1-7-8-9-10-11-12-13-14-15-16-17-18-19-20-21-23(25-4)22-26(5,6)24(2)3/h23H,7-22H2,1-6H3. The Kier molecular flexibility index (Phi) is 17.3. The zero-order chi connectivity index (χ0) is 19.7. The van der Waals surface area contributed by atoms with E-state index < -0.39 is 8.24 Å². The number of ether oxygens (including phenoxy) is 1. The molecule has 0 aromatic rings. The molecule has 0 fully saturated rings. The fourth-order valence-electron chi connectivity index (χ4n) is 3.61. The lowest BCUT2D eigenvalue weighted by atomic mass is 10.0. The molecule has 1 unspecified atom stereocenters. The van der Waals surface area contributed by atoms with Crippen molar-refractivity contribution in [3.8, 4) is 0 Å². The zero-order valence-electron chi connectivity index (χ0n) is 19.2. The molecule has 0 bridgehead atoms. The van der Waals surface area contributed by atoms with E-state index in [4.69, 9.17) is 4.74 Å². The predicted octanol–water partition coefficient (Wildman–Crippen LogP) is 7.64. The van der Waals surface area contributed by atoms with Crippen molar-refractivity contribution in [3.63, 3.8) is 0 Å². The van der Waals surface area contributed by atoms with Crippen molar-refractivity contribution in [2.75, 3.05) is 21.2 Å². The van der Waals surface area contributed by atoms with Gasteiger partial charge in [-0.05, 0) is 26.6 Å². The molecule has 0 aromatic heterocycles. The van der Waals surface area contributed by atoms with Gasteiger partial charge in [-0.15, -0.1) is 0 Å². The fourth-order valence-corrected chi connectivity index (χ4v) is 5.46. The van der Waals surface area contributed by atoms with Gasteiger partial charge >= 0.3 is 0 Å². The molecule has 2 nitrogen and oxygen atoms in total. The Morgan fingerprint density at radius 3 is 1.42 bits per heavy atom. The molecule has 0 aliphatic heterocycles. The first kappa shape index (κ1) is 26.1. The molecular formula is C23H51NOSi. The van der Waals surface area contributed by atoms with E-state index in [1.165, 1.54) is 102 Å². The second kappa shape index (κ2) is 17.2. The fraction of sp³-hybridized carbons (Fsp3) is 1.00. The summed E-state index contributed by atoms with van der Waals surface area (Å²) in [5, 5.41) is 0. The number of unbranched alkanes of at least 4 members (excludes halogenated alkanes) is 13. The van der Waals surface area contributed by atoms with Crippen LogP contribution in [0, 0.1) is 0 Å². The lowest BCUT2D eigenvalue weighted by Gasteiger charge is -2.33. The van der Waals surface area contributed by atoms with Gasteiger partial charge in [0.25, 0.3) is 0 Å². The minimum atomic E-state index is -1.26. The van der Waals surface area contributed by atoms with Gasteiger partial charge in [-0.3, -0.25) is 0 Å². The number of hydrogen-bond donors (Lipinski definition) is 0. The Bertz CT molecular complexity index is 294. The highest BCUT2D eigenvalue weighted by atomic mass is 28.3. The first-order valence-corrected chi connectivity index (χ1v) is 14.8. The summed E-state index contributed by atoms with van der Waals surface area (Å²) in [4.78, 5) is 0. The summed E-state index contributed by atoms with van der Waals surface area (Å²) >= 11 is 0. The SMILES string of the molecule is CCCCCCCCCCCCCCCCC(C[Si](C)(C)N(C)C)OC. The van der Waals surface area contributed by atoms with E-state index in [1.807, 2.05) is 7.11 Å². The van der Waals surface area contributed by atoms with Crippen LogP contribution in [-0.2, 0) is 4.74 Å². The maximum Gasteiger partial charge on any atom is 0.124 e. The molecule has 0 aromatic carbocycles. The van der Waals surface area contributed by atoms with Crippen LogP contribution >= 0.6 is 0 Å². The molecule has 0 N–H and O–H groups in total. The van der Waals surface area contributed by atoms with Crippen molar-refractivity contribution in [1.82, 2.24) is 4.57 Å². The molecule has 158 valence electrons. The highest BCUT2D eigenvalue weighted by Gasteiger charge is 2.27. The van der Waals surface area contributed by atoms with Crippen molar-refractivity contribution in [2.45, 2.75) is 128 Å². The average Bonchev–Trinajstić information content (AvgIpc) is 2.60. The summed E-state index contributed by atoms with van der Waals surface area (Å²) in [5.41, 5.74) is 0. The molecule has 0 saturated carbocycles. The minimum absolute atomic E-state index is 0.469. The highest BCUT2D eigenvalue weighted by molar-refractivity contribution is 6.74. The number of rotatable bonds is 19. The van der Waals surface area contributed by atoms with E-state index in [1.54, 1.807) is 0 Å². The van der Waals surface area contributed by atoms with Crippen LogP contribution in [0.5, 0.6) is 0 Å². The van der Waals surface area contributed by atoms with Crippen LogP contribution in [0.15, 0.2) is 0 Å². The second-order valence-electron chi connectivity index (χ2n) is 9.15. The van der Waals surface area contributed by atoms with Crippen LogP contribution in [0.25, 0.3) is 0 Å². The van der Waals surface area contributed by atoms with Crippen LogP contribution in [0.3, 0.4) is 0 Å². The van der Waals surface area contributed by atoms with E-state index in [0.29, 0.717) is 6.10 Å². The minimum Gasteiger partial charge on any atom is -0.382 e. The zero-order valence-corrected chi connectivity index (χ0v) is 20.2. The van der Waals surface area contributed by atoms with Gasteiger partial charge in [0.1, 0.15) is 8.24 Å². The van der Waals surface area contributed by atoms with Gasteiger partial charge in [-0.2, -0.15) is 0 Å². The van der Waals surface area contributed by atoms with Crippen molar-refractivity contribution < 1.29 is 4.74 Å². The molecule has 0 rings (SSSR count). The third kappa shape index (κ3) is 15.2. The smallest absolute Gasteiger partial charge is 0.124 e. The average molecular weight is 386 g/mol. The van der Waals surface area contributed by atoms with Gasteiger partial charge in [0.2, 0.25) is 0 Å². The summed E-state index contributed by atoms with van der Waals surface area (Å²) in [6, 6.07) is 1.26. The van der Waals surface area contributed by atoms with Gasteiger partial charge < -0.3 is 9.30 Å². The molecule has 3 heteroatoms. The van der Waals surface area contributed by atoms with Gasteiger partial charge in [0.15, 0.2) is 0 Å². The van der Waals surface area contributed by atoms with Crippen LogP contribution in [0.1, 0.15) is 103 Å². The van der Waals surface area contributed by atoms with Gasteiger partial charge in [0, 0.05) is 7.11 Å². The van der Waals surface area contributed by atoms with Crippen molar-refractivity contribution in [3.05, 3.63) is 0 Å². The van der Waals surface area contributed by atoms with Crippen LogP contribution in [-0.4, -0.2) is 40.1 Å². The van der Waals surface area contributed by atoms with E-state index >= 15 is 0 Å². The van der Waals surface area contributed by atoms with E-state index in [2.05, 4.69) is 38.7 Å². The molecule has 0 aliphatic carbocycles. The monoisotopic (exact) mass is 385 g/mol. The largest absolute Gasteiger partial charge is 0.382 e. The Labute approximate surface area is 167 Å². The normalized spacial score (nSPS) is 13.5. The first-order valence-electron chi connectivity index (χ1n) is 11.6. The van der Waals surface area contributed by atoms with Crippen LogP contribution in [0.4, 0.5) is 0 Å². The molecule has 0 amide bonds. The number of methoxy groups -OCH3 is 1. The lowest BCUT2D eigenvalue weighted by Crippen LogP contribution is -2.46. The molecule has 0 heterocycles. The lowest BCUT2D eigenvalue weighted by molar-refractivity contribution is 0.106. The van der Waals surface area contributed by atoms with Gasteiger partial charge in [-0.1, -0.05) is 110 Å². The quantitative estimate of drug-likeness (QED) is 0.167. The second-order valence-corrected chi connectivity index (χ2v) is 14.1. The Morgan fingerprint density at radius 2 is 1.08 bits per heavy atom. The number of nitrogens with zero attached hydrogens (tertiary/aromatic N) is 1. The van der Waals surface area contributed by atoms with Crippen molar-refractivity contribution in [1.29, 1.82) is 0 Å². The molecule has 0 saturated heterocycles. The maximum absolute atomic E-state index is 5.76. The van der Waals surface area contributed by atoms with Crippen LogP contribution < -0.4 is 0 Å². The third-order valence-electron chi connectivity index (χ3n) is 6.15. The number of hydrogen-bond acceptors (Lipinski definition) is 2. The van der Waals surface area contributed by atoms with E-state index in [-0.39, 0.29) is 0 Å². The van der Waals surface area contributed by atoms with E-state index in [0.717, 1.165) is 0 Å². The topological polar surface area (TPSA) is 12.5 Å². The third-order valence-corrected chi connectivity index (χ3v) is 10.0. The molecule has 1 atom stereocenters. The molecule has 26 heavy (non-hydrogen) atoms. The van der Waals surface area contributed by atoms with Gasteiger partial charge in [0.05, 0.1) is 6.10 Å². The summed E-state index contributed by atoms with van der Waals surface area (Å²) in [7, 11) is 5.09. The molecule has 0 aliphatic rings. The van der Waals surface area contributed by atoms with Gasteiger partial charge in [-0.25, -0.2) is 0 Å². The Hall–Kier alpha value is 0.137. The Balaban J connectivity index is 3.41. The summed E-state index contributed by atoms with van der Waals surface area (Å²) in [6.45, 7) is 7.19. The molecule has 0 spiro atoms. The highest BCUT2D eigenvalue weighted by Crippen LogP contribution is 2.21. The Morgan fingerprint density at radius 1 is 0.692 bits per heavy atom. The maximum atomic E-state index is 5.76. The van der Waals surface area contributed by atoms with Crippen molar-refractivity contribution in [2.24, 2.45) is 0 Å². The molecule has 0 radical (unpaired) electrons. The van der Waals surface area contributed by atoms with Crippen LogP contribution in [0.2, 0.25) is 19.1 Å².